The minimum atomic E-state index is -1.15. The number of halogens is 1. The van der Waals surface area contributed by atoms with E-state index in [0.717, 1.165) is 0 Å². The summed E-state index contributed by atoms with van der Waals surface area (Å²) in [5.41, 5.74) is 0.533. The zero-order chi connectivity index (χ0) is 12.3. The maximum Gasteiger partial charge on any atom is 0.371 e. The van der Waals surface area contributed by atoms with Crippen LogP contribution in [0.1, 0.15) is 16.1 Å². The fourth-order valence-electron chi connectivity index (χ4n) is 1.29. The molecular weight excluding hydrogens is 227 g/mol. The first kappa shape index (κ1) is 11.2. The molecule has 0 saturated heterocycles. The summed E-state index contributed by atoms with van der Waals surface area (Å²) in [5, 5.41) is 8.63. The van der Waals surface area contributed by atoms with E-state index in [1.165, 1.54) is 24.5 Å². The van der Waals surface area contributed by atoms with Crippen LogP contribution in [0.4, 0.5) is 4.39 Å². The van der Waals surface area contributed by atoms with E-state index in [9.17, 15) is 9.18 Å². The Labute approximate surface area is 96.2 Å². The molecule has 5 heteroatoms. The second-order valence-electron chi connectivity index (χ2n) is 3.34. The number of para-hydroxylation sites is 1. The molecule has 0 amide bonds. The number of carboxylic acids is 1. The molecule has 0 aliphatic heterocycles. The lowest BCUT2D eigenvalue weighted by molar-refractivity contribution is 0.0662. The van der Waals surface area contributed by atoms with Crippen molar-refractivity contribution in [2.24, 2.45) is 0 Å². The number of hydrogen-bond donors (Lipinski definition) is 1. The smallest absolute Gasteiger partial charge is 0.371 e. The highest BCUT2D eigenvalue weighted by molar-refractivity contribution is 5.84. The molecule has 1 heterocycles. The number of benzene rings is 1. The molecule has 0 aliphatic carbocycles. The zero-order valence-corrected chi connectivity index (χ0v) is 8.72. The summed E-state index contributed by atoms with van der Waals surface area (Å²) >= 11 is 0. The van der Waals surface area contributed by atoms with Crippen LogP contribution in [-0.4, -0.2) is 11.1 Å². The Hall–Kier alpha value is -2.30. The highest BCUT2D eigenvalue weighted by Crippen LogP contribution is 2.17. The van der Waals surface area contributed by atoms with Crippen LogP contribution in [0, 0.1) is 5.82 Å². The van der Waals surface area contributed by atoms with Gasteiger partial charge in [-0.1, -0.05) is 12.1 Å². The maximum absolute atomic E-state index is 13.2. The van der Waals surface area contributed by atoms with Crippen LogP contribution in [0.15, 0.2) is 41.0 Å². The lowest BCUT2D eigenvalue weighted by atomic mass is 10.3. The van der Waals surface area contributed by atoms with E-state index in [0.29, 0.717) is 5.56 Å². The minimum Gasteiger partial charge on any atom is -0.486 e. The van der Waals surface area contributed by atoms with Crippen LogP contribution >= 0.6 is 0 Å². The predicted octanol–water partition coefficient (Wildman–Crippen LogP) is 2.70. The lowest BCUT2D eigenvalue weighted by Gasteiger charge is -2.04. The van der Waals surface area contributed by atoms with Crippen molar-refractivity contribution in [3.63, 3.8) is 0 Å². The van der Waals surface area contributed by atoms with Crippen LogP contribution in [-0.2, 0) is 6.61 Å². The number of carbonyl (C=O) groups is 1. The summed E-state index contributed by atoms with van der Waals surface area (Å²) in [4.78, 5) is 10.5. The summed E-state index contributed by atoms with van der Waals surface area (Å²) in [7, 11) is 0. The third-order valence-electron chi connectivity index (χ3n) is 2.10. The number of hydrogen-bond acceptors (Lipinski definition) is 3. The molecule has 0 fully saturated rings. The van der Waals surface area contributed by atoms with Gasteiger partial charge in [0, 0.05) is 5.56 Å². The van der Waals surface area contributed by atoms with Gasteiger partial charge in [-0.05, 0) is 18.2 Å². The Morgan fingerprint density at radius 1 is 1.41 bits per heavy atom. The van der Waals surface area contributed by atoms with Crippen molar-refractivity contribution < 1.29 is 23.4 Å². The van der Waals surface area contributed by atoms with Gasteiger partial charge in [0.1, 0.15) is 6.61 Å². The third kappa shape index (κ3) is 2.63. The van der Waals surface area contributed by atoms with E-state index < -0.39 is 11.8 Å². The van der Waals surface area contributed by atoms with Crippen molar-refractivity contribution >= 4 is 5.97 Å². The first-order chi connectivity index (χ1) is 8.16. The molecule has 1 aromatic carbocycles. The fraction of sp³-hybridized carbons (Fsp3) is 0.0833. The maximum atomic E-state index is 13.2. The SMILES string of the molecule is O=C(O)c1cc(COc2ccccc2F)co1. The number of furan rings is 1. The summed E-state index contributed by atoms with van der Waals surface area (Å²) in [6, 6.07) is 7.32. The van der Waals surface area contributed by atoms with E-state index in [2.05, 4.69) is 0 Å². The summed E-state index contributed by atoms with van der Waals surface area (Å²) in [5.74, 6) is -1.67. The highest BCUT2D eigenvalue weighted by Gasteiger charge is 2.09. The molecule has 0 aliphatic rings. The Kier molecular flexibility index (Phi) is 3.09. The molecule has 0 saturated carbocycles. The monoisotopic (exact) mass is 236 g/mol. The van der Waals surface area contributed by atoms with Gasteiger partial charge in [-0.2, -0.15) is 0 Å². The second kappa shape index (κ2) is 4.69. The second-order valence-corrected chi connectivity index (χ2v) is 3.34. The molecule has 2 rings (SSSR count). The molecule has 0 unspecified atom stereocenters. The molecule has 0 atom stereocenters. The van der Waals surface area contributed by atoms with E-state index in [1.54, 1.807) is 12.1 Å². The summed E-state index contributed by atoms with van der Waals surface area (Å²) < 4.78 is 23.1. The fourth-order valence-corrected chi connectivity index (χ4v) is 1.29. The highest BCUT2D eigenvalue weighted by atomic mass is 19.1. The van der Waals surface area contributed by atoms with Gasteiger partial charge in [-0.3, -0.25) is 0 Å². The quantitative estimate of drug-likeness (QED) is 0.886. The number of aromatic carboxylic acids is 1. The number of rotatable bonds is 4. The molecular formula is C12H9FO4. The molecule has 1 aromatic heterocycles. The van der Waals surface area contributed by atoms with E-state index >= 15 is 0 Å². The first-order valence-electron chi connectivity index (χ1n) is 4.85. The number of carboxylic acid groups (broad SMARTS) is 1. The van der Waals surface area contributed by atoms with Gasteiger partial charge in [0.2, 0.25) is 5.76 Å². The predicted molar refractivity (Wildman–Crippen MR) is 56.4 cm³/mol. The van der Waals surface area contributed by atoms with Gasteiger partial charge >= 0.3 is 5.97 Å². The van der Waals surface area contributed by atoms with Crippen molar-refractivity contribution in [1.29, 1.82) is 0 Å². The molecule has 0 bridgehead atoms. The van der Waals surface area contributed by atoms with Gasteiger partial charge < -0.3 is 14.3 Å². The molecule has 0 radical (unpaired) electrons. The van der Waals surface area contributed by atoms with E-state index in [-0.39, 0.29) is 18.1 Å². The lowest BCUT2D eigenvalue weighted by Crippen LogP contribution is -1.96. The standard InChI is InChI=1S/C12H9FO4/c13-9-3-1-2-4-10(9)16-6-8-5-11(12(14)15)17-7-8/h1-5,7H,6H2,(H,14,15). The van der Waals surface area contributed by atoms with Crippen LogP contribution in [0.3, 0.4) is 0 Å². The van der Waals surface area contributed by atoms with Gasteiger partial charge in [0.05, 0.1) is 6.26 Å². The van der Waals surface area contributed by atoms with Crippen molar-refractivity contribution in [3.8, 4) is 5.75 Å². The summed E-state index contributed by atoms with van der Waals surface area (Å²) in [6.45, 7) is 0.0533. The number of ether oxygens (including phenoxy) is 1. The Bertz CT molecular complexity index is 533. The summed E-state index contributed by atoms with van der Waals surface area (Å²) in [6.07, 6.45) is 1.27. The first-order valence-corrected chi connectivity index (χ1v) is 4.85. The van der Waals surface area contributed by atoms with E-state index in [1.807, 2.05) is 0 Å². The van der Waals surface area contributed by atoms with Gasteiger partial charge in [0.25, 0.3) is 0 Å². The molecule has 88 valence electrons. The van der Waals surface area contributed by atoms with Crippen LogP contribution < -0.4 is 4.74 Å². The zero-order valence-electron chi connectivity index (χ0n) is 8.72. The van der Waals surface area contributed by atoms with Crippen molar-refractivity contribution in [3.05, 3.63) is 53.7 Å². The van der Waals surface area contributed by atoms with Crippen molar-refractivity contribution in [2.45, 2.75) is 6.61 Å². The van der Waals surface area contributed by atoms with Gasteiger partial charge in [-0.25, -0.2) is 9.18 Å². The minimum absolute atomic E-state index is 0.0533. The van der Waals surface area contributed by atoms with Crippen LogP contribution in [0.5, 0.6) is 5.75 Å². The third-order valence-corrected chi connectivity index (χ3v) is 2.10. The van der Waals surface area contributed by atoms with Crippen LogP contribution in [0.25, 0.3) is 0 Å². The Morgan fingerprint density at radius 2 is 2.18 bits per heavy atom. The normalized spacial score (nSPS) is 10.2. The molecule has 17 heavy (non-hydrogen) atoms. The largest absolute Gasteiger partial charge is 0.486 e. The van der Waals surface area contributed by atoms with Crippen molar-refractivity contribution in [1.82, 2.24) is 0 Å². The average Bonchev–Trinajstić information content (AvgIpc) is 2.77. The topological polar surface area (TPSA) is 59.7 Å². The van der Waals surface area contributed by atoms with Gasteiger partial charge in [0.15, 0.2) is 11.6 Å². The molecule has 4 nitrogen and oxygen atoms in total. The molecule has 2 aromatic rings. The van der Waals surface area contributed by atoms with Crippen LogP contribution in [0.2, 0.25) is 0 Å². The molecule has 0 spiro atoms. The van der Waals surface area contributed by atoms with E-state index in [4.69, 9.17) is 14.3 Å². The Morgan fingerprint density at radius 3 is 2.82 bits per heavy atom. The molecule has 1 N–H and O–H groups in total. The average molecular weight is 236 g/mol. The van der Waals surface area contributed by atoms with Crippen molar-refractivity contribution in [2.75, 3.05) is 0 Å². The Balaban J connectivity index is 2.02. The van der Waals surface area contributed by atoms with Gasteiger partial charge in [-0.15, -0.1) is 0 Å².